The Morgan fingerprint density at radius 2 is 1.47 bits per heavy atom. The number of aromatic nitrogens is 1. The zero-order valence-electron chi connectivity index (χ0n) is 10.1. The summed E-state index contributed by atoms with van der Waals surface area (Å²) in [6.07, 6.45) is 0. The average molecular weight is 337 g/mol. The lowest BCUT2D eigenvalue weighted by Gasteiger charge is -2.13. The molecule has 2 rings (SSSR count). The predicted octanol–water partition coefficient (Wildman–Crippen LogP) is 6.10. The van der Waals surface area contributed by atoms with E-state index in [0.717, 1.165) is 11.1 Å². The lowest BCUT2D eigenvalue weighted by Crippen LogP contribution is -1.95. The number of halogens is 4. The third-order valence-electron chi connectivity index (χ3n) is 2.48. The minimum absolute atomic E-state index is 0.144. The molecule has 6 heteroatoms. The van der Waals surface area contributed by atoms with E-state index in [1.807, 2.05) is 13.8 Å². The van der Waals surface area contributed by atoms with Gasteiger partial charge in [-0.1, -0.05) is 46.4 Å². The molecule has 0 atom stereocenters. The highest BCUT2D eigenvalue weighted by atomic mass is 35.5. The van der Waals surface area contributed by atoms with Crippen LogP contribution in [0.2, 0.25) is 20.2 Å². The Hall–Kier alpha value is -0.670. The molecule has 0 amide bonds. The molecule has 0 N–H and O–H groups in total. The lowest BCUT2D eigenvalue weighted by molar-refractivity contribution is 0.456. The van der Waals surface area contributed by atoms with Crippen molar-refractivity contribution in [1.29, 1.82) is 0 Å². The maximum Gasteiger partial charge on any atom is 0.239 e. The van der Waals surface area contributed by atoms with Gasteiger partial charge in [-0.05, 0) is 43.2 Å². The predicted molar refractivity (Wildman–Crippen MR) is 80.3 cm³/mol. The van der Waals surface area contributed by atoms with Crippen LogP contribution in [-0.2, 0) is 0 Å². The van der Waals surface area contributed by atoms with Gasteiger partial charge in [0.15, 0.2) is 5.15 Å². The normalized spacial score (nSPS) is 10.6. The molecular weight excluding hydrogens is 328 g/mol. The van der Waals surface area contributed by atoms with E-state index in [0.29, 0.717) is 15.8 Å². The summed E-state index contributed by atoms with van der Waals surface area (Å²) in [5.74, 6) is 0.863. The summed E-state index contributed by atoms with van der Waals surface area (Å²) >= 11 is 23.7. The van der Waals surface area contributed by atoms with E-state index in [2.05, 4.69) is 4.98 Å². The molecule has 2 nitrogen and oxygen atoms in total. The van der Waals surface area contributed by atoms with Crippen LogP contribution in [0.25, 0.3) is 0 Å². The summed E-state index contributed by atoms with van der Waals surface area (Å²) in [7, 11) is 0. The SMILES string of the molecule is Cc1cc(Cl)cc(C)c1Oc1nc(Cl)c(Cl)cc1Cl. The van der Waals surface area contributed by atoms with Crippen molar-refractivity contribution in [2.75, 3.05) is 0 Å². The minimum Gasteiger partial charge on any atom is -0.437 e. The minimum atomic E-state index is 0.144. The van der Waals surface area contributed by atoms with Gasteiger partial charge in [0.1, 0.15) is 10.8 Å². The first-order valence-electron chi connectivity index (χ1n) is 5.34. The van der Waals surface area contributed by atoms with Crippen molar-refractivity contribution >= 4 is 46.4 Å². The molecule has 0 radical (unpaired) electrons. The van der Waals surface area contributed by atoms with E-state index >= 15 is 0 Å². The Morgan fingerprint density at radius 3 is 2.05 bits per heavy atom. The van der Waals surface area contributed by atoms with E-state index in [1.54, 1.807) is 12.1 Å². The summed E-state index contributed by atoms with van der Waals surface area (Å²) in [6.45, 7) is 3.78. The molecule has 0 unspecified atom stereocenters. The molecule has 19 heavy (non-hydrogen) atoms. The van der Waals surface area contributed by atoms with Gasteiger partial charge in [0.2, 0.25) is 5.88 Å². The quantitative estimate of drug-likeness (QED) is 0.617. The third kappa shape index (κ3) is 3.26. The van der Waals surface area contributed by atoms with E-state index in [9.17, 15) is 0 Å². The van der Waals surface area contributed by atoms with E-state index in [-0.39, 0.29) is 16.1 Å². The highest BCUT2D eigenvalue weighted by Gasteiger charge is 2.13. The van der Waals surface area contributed by atoms with Crippen LogP contribution in [0.3, 0.4) is 0 Å². The van der Waals surface area contributed by atoms with Crippen LogP contribution in [0, 0.1) is 13.8 Å². The summed E-state index contributed by atoms with van der Waals surface area (Å²) in [5.41, 5.74) is 1.77. The van der Waals surface area contributed by atoms with Gasteiger partial charge >= 0.3 is 0 Å². The molecule has 0 saturated carbocycles. The fourth-order valence-electron chi connectivity index (χ4n) is 1.66. The maximum absolute atomic E-state index is 6.03. The number of aryl methyl sites for hydroxylation is 2. The molecule has 0 spiro atoms. The van der Waals surface area contributed by atoms with Crippen LogP contribution >= 0.6 is 46.4 Å². The Labute approximate surface area is 131 Å². The monoisotopic (exact) mass is 335 g/mol. The number of hydrogen-bond acceptors (Lipinski definition) is 2. The van der Waals surface area contributed by atoms with Gasteiger partial charge < -0.3 is 4.74 Å². The molecule has 100 valence electrons. The Bertz CT molecular complexity index is 620. The zero-order valence-corrected chi connectivity index (χ0v) is 13.1. The summed E-state index contributed by atoms with van der Waals surface area (Å²) in [4.78, 5) is 4.02. The fraction of sp³-hybridized carbons (Fsp3) is 0.154. The van der Waals surface area contributed by atoms with E-state index in [4.69, 9.17) is 51.1 Å². The summed E-state index contributed by atoms with van der Waals surface area (Å²) < 4.78 is 5.72. The number of pyridine rings is 1. The first kappa shape index (κ1) is 14.7. The first-order valence-corrected chi connectivity index (χ1v) is 6.86. The van der Waals surface area contributed by atoms with Crippen LogP contribution in [0.15, 0.2) is 18.2 Å². The molecule has 0 aliphatic heterocycles. The van der Waals surface area contributed by atoms with Crippen molar-refractivity contribution in [3.63, 3.8) is 0 Å². The van der Waals surface area contributed by atoms with Crippen molar-refractivity contribution in [3.8, 4) is 11.6 Å². The number of hydrogen-bond donors (Lipinski definition) is 0. The van der Waals surface area contributed by atoms with Crippen LogP contribution in [0.4, 0.5) is 0 Å². The van der Waals surface area contributed by atoms with E-state index < -0.39 is 0 Å². The average Bonchev–Trinajstić information content (AvgIpc) is 2.29. The number of benzene rings is 1. The second kappa shape index (κ2) is 5.76. The van der Waals surface area contributed by atoms with Gasteiger partial charge in [-0.2, -0.15) is 4.98 Å². The van der Waals surface area contributed by atoms with E-state index in [1.165, 1.54) is 6.07 Å². The van der Waals surface area contributed by atoms with Gasteiger partial charge in [-0.25, -0.2) is 0 Å². The fourth-order valence-corrected chi connectivity index (χ4v) is 2.51. The molecule has 1 heterocycles. The second-order valence-corrected chi connectivity index (χ2v) is 5.63. The van der Waals surface area contributed by atoms with Gasteiger partial charge in [0, 0.05) is 5.02 Å². The second-order valence-electron chi connectivity index (χ2n) is 4.02. The van der Waals surface area contributed by atoms with Gasteiger partial charge in [-0.15, -0.1) is 0 Å². The number of nitrogens with zero attached hydrogens (tertiary/aromatic N) is 1. The Balaban J connectivity index is 2.45. The molecular formula is C13H9Cl4NO. The van der Waals surface area contributed by atoms with Crippen LogP contribution in [0.1, 0.15) is 11.1 Å². The highest BCUT2D eigenvalue weighted by Crippen LogP contribution is 2.36. The van der Waals surface area contributed by atoms with Crippen molar-refractivity contribution in [3.05, 3.63) is 49.5 Å². The molecule has 0 fully saturated rings. The van der Waals surface area contributed by atoms with Crippen LogP contribution in [-0.4, -0.2) is 4.98 Å². The molecule has 0 bridgehead atoms. The molecule has 1 aromatic heterocycles. The topological polar surface area (TPSA) is 22.1 Å². The van der Waals surface area contributed by atoms with Crippen LogP contribution < -0.4 is 4.74 Å². The number of rotatable bonds is 2. The van der Waals surface area contributed by atoms with Gasteiger partial charge in [0.25, 0.3) is 0 Å². The van der Waals surface area contributed by atoms with Gasteiger partial charge in [0.05, 0.1) is 5.02 Å². The standard InChI is InChI=1S/C13H9Cl4NO/c1-6-3-8(14)4-7(2)11(6)19-13-10(16)5-9(15)12(17)18-13/h3-5H,1-2H3. The lowest BCUT2D eigenvalue weighted by atomic mass is 10.1. The molecule has 0 aliphatic carbocycles. The molecule has 2 aromatic rings. The summed E-state index contributed by atoms with van der Waals surface area (Å²) in [6, 6.07) is 5.10. The summed E-state index contributed by atoms with van der Waals surface area (Å²) in [5, 5.41) is 1.37. The molecule has 0 saturated heterocycles. The van der Waals surface area contributed by atoms with Crippen molar-refractivity contribution in [1.82, 2.24) is 4.98 Å². The Kier molecular flexibility index (Phi) is 4.46. The molecule has 0 aliphatic rings. The molecule has 1 aromatic carbocycles. The van der Waals surface area contributed by atoms with Crippen molar-refractivity contribution in [2.45, 2.75) is 13.8 Å². The number of ether oxygens (including phenoxy) is 1. The highest BCUT2D eigenvalue weighted by molar-refractivity contribution is 6.42. The smallest absolute Gasteiger partial charge is 0.239 e. The third-order valence-corrected chi connectivity index (χ3v) is 3.64. The zero-order chi connectivity index (χ0) is 14.2. The van der Waals surface area contributed by atoms with Crippen LogP contribution in [0.5, 0.6) is 11.6 Å². The largest absolute Gasteiger partial charge is 0.437 e. The Morgan fingerprint density at radius 1 is 0.895 bits per heavy atom. The van der Waals surface area contributed by atoms with Gasteiger partial charge in [-0.3, -0.25) is 0 Å². The maximum atomic E-state index is 6.03. The van der Waals surface area contributed by atoms with Crippen molar-refractivity contribution in [2.24, 2.45) is 0 Å². The first-order chi connectivity index (χ1) is 8.88. The van der Waals surface area contributed by atoms with Crippen molar-refractivity contribution < 1.29 is 4.74 Å².